The van der Waals surface area contributed by atoms with Crippen molar-refractivity contribution in [3.05, 3.63) is 50.4 Å². The van der Waals surface area contributed by atoms with E-state index in [1.54, 1.807) is 28.8 Å². The number of thioether (sulfide) groups is 1. The molecule has 0 saturated carbocycles. The molecule has 2 aromatic rings. The van der Waals surface area contributed by atoms with Crippen molar-refractivity contribution < 1.29 is 4.79 Å². The molecule has 1 aromatic heterocycles. The van der Waals surface area contributed by atoms with Crippen molar-refractivity contribution in [1.29, 1.82) is 0 Å². The second-order valence-corrected chi connectivity index (χ2v) is 9.05. The Morgan fingerprint density at radius 1 is 1.35 bits per heavy atom. The molecule has 8 heteroatoms. The maximum absolute atomic E-state index is 12.6. The first-order valence-electron chi connectivity index (χ1n) is 8.17. The van der Waals surface area contributed by atoms with Crippen LogP contribution in [-0.4, -0.2) is 21.2 Å². The lowest BCUT2D eigenvalue weighted by Gasteiger charge is -2.19. The van der Waals surface area contributed by atoms with E-state index < -0.39 is 0 Å². The second-order valence-electron chi connectivity index (χ2n) is 7.22. The van der Waals surface area contributed by atoms with Gasteiger partial charge in [0.1, 0.15) is 0 Å². The van der Waals surface area contributed by atoms with E-state index in [0.29, 0.717) is 26.6 Å². The number of nitrogens with one attached hydrogen (secondary N) is 1. The number of benzene rings is 1. The molecule has 0 bridgehead atoms. The fourth-order valence-corrected chi connectivity index (χ4v) is 4.30. The summed E-state index contributed by atoms with van der Waals surface area (Å²) in [7, 11) is 0. The molecule has 0 aliphatic carbocycles. The normalized spacial score (nSPS) is 16.4. The van der Waals surface area contributed by atoms with Gasteiger partial charge in [-0.15, -0.1) is 0 Å². The third-order valence-electron chi connectivity index (χ3n) is 4.08. The van der Waals surface area contributed by atoms with Crippen molar-refractivity contribution in [2.24, 2.45) is 0 Å². The number of halogens is 2. The molecule has 1 aliphatic heterocycles. The zero-order valence-corrected chi connectivity index (χ0v) is 17.0. The summed E-state index contributed by atoms with van der Waals surface area (Å²) < 4.78 is 1.61. The maximum Gasteiger partial charge on any atom is 0.254 e. The Hall–Kier alpha value is -1.50. The van der Waals surface area contributed by atoms with Crippen LogP contribution in [0.4, 0.5) is 5.69 Å². The van der Waals surface area contributed by atoms with Gasteiger partial charge in [0, 0.05) is 28.7 Å². The van der Waals surface area contributed by atoms with Crippen molar-refractivity contribution in [1.82, 2.24) is 9.55 Å². The largest absolute Gasteiger partial charge is 0.325 e. The smallest absolute Gasteiger partial charge is 0.254 e. The summed E-state index contributed by atoms with van der Waals surface area (Å²) in [6, 6.07) is 6.23. The fourth-order valence-electron chi connectivity index (χ4n) is 2.69. The van der Waals surface area contributed by atoms with E-state index in [4.69, 9.17) is 23.2 Å². The number of amides is 1. The number of carbonyl (C=O) groups is 1. The lowest BCUT2D eigenvalue weighted by atomic mass is 9.92. The zero-order valence-electron chi connectivity index (χ0n) is 14.7. The number of nitrogens with zero attached hydrogens (tertiary/aromatic N) is 2. The molecule has 0 spiro atoms. The summed E-state index contributed by atoms with van der Waals surface area (Å²) in [6.45, 7) is 6.06. The molecule has 26 heavy (non-hydrogen) atoms. The molecule has 0 saturated heterocycles. The maximum atomic E-state index is 12.6. The molecule has 1 atom stereocenters. The van der Waals surface area contributed by atoms with Crippen LogP contribution in [0.15, 0.2) is 34.2 Å². The van der Waals surface area contributed by atoms with Gasteiger partial charge in [0.2, 0.25) is 5.91 Å². The van der Waals surface area contributed by atoms with Crippen LogP contribution in [0.3, 0.4) is 0 Å². The van der Waals surface area contributed by atoms with Crippen molar-refractivity contribution in [2.45, 2.75) is 43.8 Å². The molecule has 1 amide bonds. The first-order valence-corrected chi connectivity index (χ1v) is 9.91. The van der Waals surface area contributed by atoms with Crippen LogP contribution < -0.4 is 10.9 Å². The Labute approximate surface area is 166 Å². The Balaban J connectivity index is 1.77. The first-order chi connectivity index (χ1) is 12.1. The Kier molecular flexibility index (Phi) is 5.37. The molecule has 2 heterocycles. The Morgan fingerprint density at radius 2 is 2.08 bits per heavy atom. The fraction of sp³-hybridized carbons (Fsp3) is 0.389. The highest BCUT2D eigenvalue weighted by Gasteiger charge is 2.29. The highest BCUT2D eigenvalue weighted by molar-refractivity contribution is 7.99. The predicted octanol–water partition coefficient (Wildman–Crippen LogP) is 4.52. The molecular weight excluding hydrogens is 393 g/mol. The number of fused-ring (bicyclic) bond motifs is 1. The van der Waals surface area contributed by atoms with Gasteiger partial charge in [-0.2, -0.15) is 0 Å². The van der Waals surface area contributed by atoms with E-state index in [1.807, 2.05) is 20.8 Å². The van der Waals surface area contributed by atoms with Gasteiger partial charge >= 0.3 is 0 Å². The summed E-state index contributed by atoms with van der Waals surface area (Å²) in [5, 5.41) is 4.32. The summed E-state index contributed by atoms with van der Waals surface area (Å²) >= 11 is 13.5. The molecule has 1 aromatic carbocycles. The van der Waals surface area contributed by atoms with Crippen LogP contribution in [0, 0.1) is 0 Å². The van der Waals surface area contributed by atoms with Gasteiger partial charge in [0.25, 0.3) is 5.56 Å². The van der Waals surface area contributed by atoms with Gasteiger partial charge in [-0.25, -0.2) is 4.98 Å². The van der Waals surface area contributed by atoms with Crippen molar-refractivity contribution in [3.8, 4) is 0 Å². The van der Waals surface area contributed by atoms with E-state index in [2.05, 4.69) is 10.3 Å². The van der Waals surface area contributed by atoms with E-state index in [9.17, 15) is 9.59 Å². The van der Waals surface area contributed by atoms with Gasteiger partial charge in [0.15, 0.2) is 5.16 Å². The van der Waals surface area contributed by atoms with E-state index in [1.165, 1.54) is 11.8 Å². The number of anilines is 1. The minimum Gasteiger partial charge on any atom is -0.325 e. The lowest BCUT2D eigenvalue weighted by Crippen LogP contribution is -2.29. The van der Waals surface area contributed by atoms with Crippen LogP contribution in [0.1, 0.15) is 38.9 Å². The first kappa shape index (κ1) is 19.3. The van der Waals surface area contributed by atoms with Crippen LogP contribution in [0.25, 0.3) is 0 Å². The molecular formula is C18H19Cl2N3O2S. The molecule has 3 rings (SSSR count). The Bertz CT molecular complexity index is 922. The summed E-state index contributed by atoms with van der Waals surface area (Å²) in [5.41, 5.74) is 0.947. The van der Waals surface area contributed by atoms with E-state index in [-0.39, 0.29) is 29.3 Å². The number of hydrogen-bond acceptors (Lipinski definition) is 4. The topological polar surface area (TPSA) is 64.0 Å². The van der Waals surface area contributed by atoms with Crippen LogP contribution in [0.5, 0.6) is 0 Å². The highest BCUT2D eigenvalue weighted by Crippen LogP contribution is 2.34. The molecule has 1 N–H and O–H groups in total. The van der Waals surface area contributed by atoms with Gasteiger partial charge in [-0.3, -0.25) is 14.2 Å². The molecule has 138 valence electrons. The molecule has 5 nitrogen and oxygen atoms in total. The number of aromatic nitrogens is 2. The molecule has 0 fully saturated rings. The molecule has 1 unspecified atom stereocenters. The monoisotopic (exact) mass is 411 g/mol. The van der Waals surface area contributed by atoms with Gasteiger partial charge in [-0.05, 0) is 18.2 Å². The third kappa shape index (κ3) is 4.08. The lowest BCUT2D eigenvalue weighted by molar-refractivity contribution is -0.116. The Morgan fingerprint density at radius 3 is 2.73 bits per heavy atom. The molecule has 1 aliphatic rings. The quantitative estimate of drug-likeness (QED) is 0.753. The van der Waals surface area contributed by atoms with Gasteiger partial charge in [0.05, 0.1) is 22.4 Å². The average molecular weight is 412 g/mol. The standard InChI is InChI=1S/C18H19Cl2N3O2S/c1-18(2,3)14-8-16(25)23-11(9-26-17(23)22-14)7-15(24)21-13-5-4-10(19)6-12(13)20/h4-6,8,11H,7,9H2,1-3H3,(H,21,24). The van der Waals surface area contributed by atoms with Crippen molar-refractivity contribution in [3.63, 3.8) is 0 Å². The van der Waals surface area contributed by atoms with Crippen LogP contribution in [0.2, 0.25) is 10.0 Å². The van der Waals surface area contributed by atoms with Crippen LogP contribution in [-0.2, 0) is 10.2 Å². The SMILES string of the molecule is CC(C)(C)c1cc(=O)n2c(n1)SCC2CC(=O)Nc1ccc(Cl)cc1Cl. The number of rotatable bonds is 3. The number of carbonyl (C=O) groups excluding carboxylic acids is 1. The van der Waals surface area contributed by atoms with Crippen molar-refractivity contribution in [2.75, 3.05) is 11.1 Å². The predicted molar refractivity (Wildman–Crippen MR) is 107 cm³/mol. The van der Waals surface area contributed by atoms with Crippen molar-refractivity contribution >= 4 is 46.6 Å². The van der Waals surface area contributed by atoms with Crippen LogP contribution >= 0.6 is 35.0 Å². The minimum absolute atomic E-state index is 0.118. The van der Waals surface area contributed by atoms with E-state index >= 15 is 0 Å². The molecule has 0 radical (unpaired) electrons. The van der Waals surface area contributed by atoms with Gasteiger partial charge < -0.3 is 5.32 Å². The van der Waals surface area contributed by atoms with Gasteiger partial charge in [-0.1, -0.05) is 55.7 Å². The average Bonchev–Trinajstić information content (AvgIpc) is 2.92. The zero-order chi connectivity index (χ0) is 19.1. The second kappa shape index (κ2) is 7.25. The third-order valence-corrected chi connectivity index (χ3v) is 5.73. The van der Waals surface area contributed by atoms with E-state index in [0.717, 1.165) is 5.69 Å². The number of hydrogen-bond donors (Lipinski definition) is 1. The summed E-state index contributed by atoms with van der Waals surface area (Å²) in [4.78, 5) is 29.6. The summed E-state index contributed by atoms with van der Waals surface area (Å²) in [6.07, 6.45) is 0.176. The minimum atomic E-state index is -0.227. The summed E-state index contributed by atoms with van der Waals surface area (Å²) in [5.74, 6) is 0.428. The highest BCUT2D eigenvalue weighted by atomic mass is 35.5.